The van der Waals surface area contributed by atoms with Crippen molar-refractivity contribution in [3.05, 3.63) is 39.4 Å². The van der Waals surface area contributed by atoms with E-state index in [-0.39, 0.29) is 34.0 Å². The number of nitrogens with zero attached hydrogens (tertiary/aromatic N) is 2. The summed E-state index contributed by atoms with van der Waals surface area (Å²) in [4.78, 5) is 14.1. The number of benzene rings is 1. The van der Waals surface area contributed by atoms with Crippen LogP contribution in [0.1, 0.15) is 11.1 Å². The molecule has 0 unspecified atom stereocenters. The molecule has 1 aromatic carbocycles. The molecule has 0 spiro atoms. The van der Waals surface area contributed by atoms with E-state index in [2.05, 4.69) is 4.98 Å². The van der Waals surface area contributed by atoms with Gasteiger partial charge in [0, 0.05) is 17.2 Å². The highest BCUT2D eigenvalue weighted by Crippen LogP contribution is 2.37. The van der Waals surface area contributed by atoms with Gasteiger partial charge in [-0.3, -0.25) is 4.79 Å². The first-order valence-electron chi connectivity index (χ1n) is 6.26. The number of pyridine rings is 1. The Morgan fingerprint density at radius 1 is 1.13 bits per heavy atom. The van der Waals surface area contributed by atoms with Crippen LogP contribution < -0.4 is 20.8 Å². The van der Waals surface area contributed by atoms with Gasteiger partial charge in [0.1, 0.15) is 34.9 Å². The van der Waals surface area contributed by atoms with Crippen molar-refractivity contribution in [2.24, 2.45) is 0 Å². The highest BCUT2D eigenvalue weighted by Gasteiger charge is 2.22. The number of nitriles is 2. The van der Waals surface area contributed by atoms with Gasteiger partial charge in [0.15, 0.2) is 11.5 Å². The van der Waals surface area contributed by atoms with Crippen molar-refractivity contribution in [2.45, 2.75) is 0 Å². The van der Waals surface area contributed by atoms with E-state index in [0.717, 1.165) is 6.07 Å². The number of anilines is 1. The summed E-state index contributed by atoms with van der Waals surface area (Å²) in [5, 5.41) is 18.4. The maximum Gasteiger partial charge on any atom is 0.268 e. The number of H-pyrrole nitrogens is 1. The van der Waals surface area contributed by atoms with Crippen LogP contribution in [0.15, 0.2) is 16.9 Å². The Bertz CT molecular complexity index is 922. The number of aromatic amines is 1. The molecule has 2 aromatic rings. The molecule has 0 aliphatic heterocycles. The Labute approximate surface area is 130 Å². The number of rotatable bonds is 3. The Kier molecular flexibility index (Phi) is 4.19. The number of methoxy groups -OCH3 is 2. The van der Waals surface area contributed by atoms with Gasteiger partial charge >= 0.3 is 0 Å². The summed E-state index contributed by atoms with van der Waals surface area (Å²) in [5.74, 6) is -0.736. The standard InChI is InChI=1S/C15H11FN4O3/c1-22-11-3-7(10(16)4-12(11)23-2)13-8(5-17)14(19)20-15(21)9(13)6-18/h3-4H,1-2H3,(H3,19,20,21). The van der Waals surface area contributed by atoms with Gasteiger partial charge in [0.05, 0.1) is 14.2 Å². The number of hydrogen-bond acceptors (Lipinski definition) is 6. The van der Waals surface area contributed by atoms with Crippen LogP contribution in [0.25, 0.3) is 11.1 Å². The van der Waals surface area contributed by atoms with E-state index in [1.165, 1.54) is 20.3 Å². The minimum absolute atomic E-state index is 0.128. The molecule has 7 nitrogen and oxygen atoms in total. The number of nitrogens with one attached hydrogen (secondary N) is 1. The summed E-state index contributed by atoms with van der Waals surface area (Å²) >= 11 is 0. The lowest BCUT2D eigenvalue weighted by Crippen LogP contribution is -2.16. The molecule has 0 radical (unpaired) electrons. The highest BCUT2D eigenvalue weighted by molar-refractivity contribution is 5.81. The first kappa shape index (κ1) is 15.9. The second-order valence-electron chi connectivity index (χ2n) is 4.40. The molecule has 0 fully saturated rings. The van der Waals surface area contributed by atoms with E-state index >= 15 is 0 Å². The SMILES string of the molecule is COc1cc(F)c(-c2c(C#N)c(N)[nH]c(=O)c2C#N)cc1OC. The van der Waals surface area contributed by atoms with Crippen molar-refractivity contribution in [1.82, 2.24) is 4.98 Å². The zero-order valence-electron chi connectivity index (χ0n) is 12.2. The maximum absolute atomic E-state index is 14.4. The van der Waals surface area contributed by atoms with E-state index in [1.54, 1.807) is 12.1 Å². The third kappa shape index (κ3) is 2.54. The van der Waals surface area contributed by atoms with Crippen molar-refractivity contribution in [1.29, 1.82) is 10.5 Å². The molecule has 23 heavy (non-hydrogen) atoms. The van der Waals surface area contributed by atoms with Gasteiger partial charge in [-0.05, 0) is 6.07 Å². The summed E-state index contributed by atoms with van der Waals surface area (Å²) in [6.07, 6.45) is 0. The molecule has 1 aromatic heterocycles. The molecule has 3 N–H and O–H groups in total. The van der Waals surface area contributed by atoms with Crippen molar-refractivity contribution >= 4 is 5.82 Å². The normalized spacial score (nSPS) is 9.78. The molecule has 0 amide bonds. The van der Waals surface area contributed by atoms with Crippen LogP contribution in [0.2, 0.25) is 0 Å². The van der Waals surface area contributed by atoms with Crippen LogP contribution in [0, 0.1) is 28.5 Å². The minimum atomic E-state index is -0.812. The van der Waals surface area contributed by atoms with Crippen LogP contribution in [0.4, 0.5) is 10.2 Å². The zero-order chi connectivity index (χ0) is 17.1. The first-order chi connectivity index (χ1) is 11.0. The van der Waals surface area contributed by atoms with Gasteiger partial charge in [-0.2, -0.15) is 10.5 Å². The topological polar surface area (TPSA) is 125 Å². The van der Waals surface area contributed by atoms with Gasteiger partial charge in [-0.25, -0.2) is 4.39 Å². The number of hydrogen-bond donors (Lipinski definition) is 2. The van der Waals surface area contributed by atoms with Crippen LogP contribution in [0.5, 0.6) is 11.5 Å². The fraction of sp³-hybridized carbons (Fsp3) is 0.133. The predicted octanol–water partition coefficient (Wildman–Crippen LogP) is 1.52. The van der Waals surface area contributed by atoms with Gasteiger partial charge in [-0.1, -0.05) is 0 Å². The molecule has 0 aliphatic rings. The number of halogens is 1. The first-order valence-corrected chi connectivity index (χ1v) is 6.26. The fourth-order valence-electron chi connectivity index (χ4n) is 2.16. The second kappa shape index (κ2) is 6.08. The van der Waals surface area contributed by atoms with Crippen LogP contribution >= 0.6 is 0 Å². The second-order valence-corrected chi connectivity index (χ2v) is 4.40. The fourth-order valence-corrected chi connectivity index (χ4v) is 2.16. The molecule has 8 heteroatoms. The molecular formula is C15H11FN4O3. The van der Waals surface area contributed by atoms with Gasteiger partial charge in [0.25, 0.3) is 5.56 Å². The van der Waals surface area contributed by atoms with E-state index in [4.69, 9.17) is 15.2 Å². The van der Waals surface area contributed by atoms with Crippen molar-refractivity contribution in [2.75, 3.05) is 20.0 Å². The Balaban J connectivity index is 2.96. The average Bonchev–Trinajstić information content (AvgIpc) is 2.54. The van der Waals surface area contributed by atoms with Crippen molar-refractivity contribution < 1.29 is 13.9 Å². The lowest BCUT2D eigenvalue weighted by Gasteiger charge is -2.13. The van der Waals surface area contributed by atoms with Gasteiger partial charge in [-0.15, -0.1) is 0 Å². The molecule has 0 saturated heterocycles. The number of aromatic nitrogens is 1. The molecule has 116 valence electrons. The maximum atomic E-state index is 14.4. The molecule has 2 rings (SSSR count). The quantitative estimate of drug-likeness (QED) is 0.885. The summed E-state index contributed by atoms with van der Waals surface area (Å²) in [6, 6.07) is 5.72. The van der Waals surface area contributed by atoms with Gasteiger partial charge < -0.3 is 20.2 Å². The Morgan fingerprint density at radius 3 is 2.22 bits per heavy atom. The van der Waals surface area contributed by atoms with E-state index < -0.39 is 16.9 Å². The lowest BCUT2D eigenvalue weighted by molar-refractivity contribution is 0.352. The van der Waals surface area contributed by atoms with Crippen molar-refractivity contribution in [3.8, 4) is 34.8 Å². The van der Waals surface area contributed by atoms with Crippen LogP contribution in [-0.4, -0.2) is 19.2 Å². The molecular weight excluding hydrogens is 303 g/mol. The summed E-state index contributed by atoms with van der Waals surface area (Å²) < 4.78 is 24.5. The molecule has 0 atom stereocenters. The molecule has 0 aliphatic carbocycles. The van der Waals surface area contributed by atoms with Crippen LogP contribution in [0.3, 0.4) is 0 Å². The average molecular weight is 314 g/mol. The number of nitrogens with two attached hydrogens (primary N) is 1. The summed E-state index contributed by atoms with van der Waals surface area (Å²) in [7, 11) is 2.69. The highest BCUT2D eigenvalue weighted by atomic mass is 19.1. The number of ether oxygens (including phenoxy) is 2. The zero-order valence-corrected chi connectivity index (χ0v) is 12.2. The van der Waals surface area contributed by atoms with Crippen LogP contribution in [-0.2, 0) is 0 Å². The van der Waals surface area contributed by atoms with E-state index in [0.29, 0.717) is 0 Å². The predicted molar refractivity (Wildman–Crippen MR) is 79.4 cm³/mol. The van der Waals surface area contributed by atoms with Gasteiger partial charge in [0.2, 0.25) is 0 Å². The third-order valence-electron chi connectivity index (χ3n) is 3.21. The summed E-state index contributed by atoms with van der Waals surface area (Å²) in [5.41, 5.74) is 3.83. The molecule has 0 saturated carbocycles. The van der Waals surface area contributed by atoms with E-state index in [1.807, 2.05) is 0 Å². The third-order valence-corrected chi connectivity index (χ3v) is 3.21. The number of nitrogen functional groups attached to an aromatic ring is 1. The largest absolute Gasteiger partial charge is 0.493 e. The Hall–Kier alpha value is -3.52. The van der Waals surface area contributed by atoms with Crippen molar-refractivity contribution in [3.63, 3.8) is 0 Å². The smallest absolute Gasteiger partial charge is 0.268 e. The molecule has 1 heterocycles. The Morgan fingerprint density at radius 2 is 1.70 bits per heavy atom. The summed E-state index contributed by atoms with van der Waals surface area (Å²) in [6.45, 7) is 0. The minimum Gasteiger partial charge on any atom is -0.493 e. The molecule has 0 bridgehead atoms. The monoisotopic (exact) mass is 314 g/mol. The lowest BCUT2D eigenvalue weighted by atomic mass is 9.96. The van der Waals surface area contributed by atoms with E-state index in [9.17, 15) is 19.7 Å².